The third kappa shape index (κ3) is 3.53. The fraction of sp³-hybridized carbons (Fsp3) is 0.154. The van der Waals surface area contributed by atoms with Crippen LogP contribution in [0.4, 0.5) is 0 Å². The van der Waals surface area contributed by atoms with Gasteiger partial charge in [0.15, 0.2) is 0 Å². The van der Waals surface area contributed by atoms with E-state index in [-0.39, 0.29) is 4.90 Å². The number of benzene rings is 1. The molecule has 0 radical (unpaired) electrons. The molecule has 0 aliphatic rings. The molecule has 0 amide bonds. The molecule has 0 fully saturated rings. The van der Waals surface area contributed by atoms with Crippen LogP contribution in [-0.2, 0) is 10.0 Å². The van der Waals surface area contributed by atoms with Crippen molar-refractivity contribution >= 4 is 21.6 Å². The van der Waals surface area contributed by atoms with Gasteiger partial charge in [-0.05, 0) is 43.3 Å². The number of pyridine rings is 1. The van der Waals surface area contributed by atoms with E-state index in [1.54, 1.807) is 37.4 Å². The Balaban J connectivity index is 2.20. The van der Waals surface area contributed by atoms with Crippen molar-refractivity contribution in [2.75, 3.05) is 0 Å². The van der Waals surface area contributed by atoms with Crippen LogP contribution in [0.2, 0.25) is 5.02 Å². The summed E-state index contributed by atoms with van der Waals surface area (Å²) in [6.45, 7) is 1.75. The lowest BCUT2D eigenvalue weighted by Crippen LogP contribution is -2.27. The molecule has 1 atom stereocenters. The first kappa shape index (κ1) is 14.0. The molecular formula is C13H13ClN2O2S. The van der Waals surface area contributed by atoms with Gasteiger partial charge in [-0.1, -0.05) is 17.7 Å². The maximum atomic E-state index is 12.1. The molecule has 0 spiro atoms. The Morgan fingerprint density at radius 1 is 1.16 bits per heavy atom. The van der Waals surface area contributed by atoms with Crippen molar-refractivity contribution in [1.29, 1.82) is 0 Å². The average molecular weight is 297 g/mol. The predicted molar refractivity (Wildman–Crippen MR) is 74.4 cm³/mol. The minimum atomic E-state index is -3.57. The predicted octanol–water partition coefficient (Wildman–Crippen LogP) is 2.77. The fourth-order valence-corrected chi connectivity index (χ4v) is 2.95. The zero-order valence-corrected chi connectivity index (χ0v) is 11.8. The van der Waals surface area contributed by atoms with Crippen LogP contribution >= 0.6 is 11.6 Å². The molecule has 0 bridgehead atoms. The highest BCUT2D eigenvalue weighted by atomic mass is 35.5. The van der Waals surface area contributed by atoms with Crippen molar-refractivity contribution in [3.63, 3.8) is 0 Å². The molecule has 19 heavy (non-hydrogen) atoms. The van der Waals surface area contributed by atoms with E-state index in [1.807, 2.05) is 6.07 Å². The van der Waals surface area contributed by atoms with Gasteiger partial charge >= 0.3 is 0 Å². The Kier molecular flexibility index (Phi) is 4.19. The van der Waals surface area contributed by atoms with Gasteiger partial charge < -0.3 is 0 Å². The van der Waals surface area contributed by atoms with Gasteiger partial charge in [0.1, 0.15) is 0 Å². The normalized spacial score (nSPS) is 13.2. The van der Waals surface area contributed by atoms with E-state index < -0.39 is 16.1 Å². The molecule has 0 aliphatic carbocycles. The molecular weight excluding hydrogens is 284 g/mol. The molecule has 6 heteroatoms. The molecule has 2 rings (SSSR count). The van der Waals surface area contributed by atoms with E-state index in [9.17, 15) is 8.42 Å². The minimum Gasteiger partial charge on any atom is -0.260 e. The van der Waals surface area contributed by atoms with Crippen molar-refractivity contribution in [3.8, 4) is 0 Å². The topological polar surface area (TPSA) is 59.1 Å². The van der Waals surface area contributed by atoms with Gasteiger partial charge in [-0.25, -0.2) is 13.1 Å². The molecule has 4 nitrogen and oxygen atoms in total. The van der Waals surface area contributed by atoms with E-state index in [0.29, 0.717) is 10.7 Å². The Bertz CT molecular complexity index is 642. The summed E-state index contributed by atoms with van der Waals surface area (Å²) in [6.07, 6.45) is 1.63. The fourth-order valence-electron chi connectivity index (χ4n) is 1.61. The van der Waals surface area contributed by atoms with Crippen molar-refractivity contribution in [2.45, 2.75) is 17.9 Å². The molecule has 1 N–H and O–H groups in total. The Morgan fingerprint density at radius 2 is 1.84 bits per heavy atom. The van der Waals surface area contributed by atoms with Gasteiger partial charge in [-0.15, -0.1) is 0 Å². The highest BCUT2D eigenvalue weighted by molar-refractivity contribution is 7.89. The Hall–Kier alpha value is -1.43. The number of sulfonamides is 1. The van der Waals surface area contributed by atoms with Gasteiger partial charge in [0.2, 0.25) is 10.0 Å². The van der Waals surface area contributed by atoms with Gasteiger partial charge in [0.25, 0.3) is 0 Å². The van der Waals surface area contributed by atoms with Crippen LogP contribution in [0.15, 0.2) is 53.6 Å². The largest absolute Gasteiger partial charge is 0.260 e. The second-order valence-corrected chi connectivity index (χ2v) is 6.20. The number of nitrogens with zero attached hydrogens (tertiary/aromatic N) is 1. The van der Waals surface area contributed by atoms with Crippen LogP contribution in [0, 0.1) is 0 Å². The third-order valence-electron chi connectivity index (χ3n) is 2.59. The van der Waals surface area contributed by atoms with Crippen molar-refractivity contribution in [3.05, 3.63) is 59.4 Å². The van der Waals surface area contributed by atoms with Gasteiger partial charge in [0.05, 0.1) is 16.6 Å². The van der Waals surface area contributed by atoms with Crippen LogP contribution < -0.4 is 4.72 Å². The van der Waals surface area contributed by atoms with Gasteiger partial charge in [-0.2, -0.15) is 0 Å². The highest BCUT2D eigenvalue weighted by Gasteiger charge is 2.18. The standard InChI is InChI=1S/C13H13ClN2O2S/c1-10(13-4-2-3-9-15-13)16-19(17,18)12-7-5-11(14)6-8-12/h2-10,16H,1H3/t10-/m1/s1. The van der Waals surface area contributed by atoms with Crippen LogP contribution in [0.3, 0.4) is 0 Å². The zero-order chi connectivity index (χ0) is 13.9. The second kappa shape index (κ2) is 5.69. The molecule has 0 unspecified atom stereocenters. The molecule has 2 aromatic rings. The highest BCUT2D eigenvalue weighted by Crippen LogP contribution is 2.17. The lowest BCUT2D eigenvalue weighted by atomic mass is 10.2. The molecule has 0 saturated carbocycles. The molecule has 1 heterocycles. The maximum absolute atomic E-state index is 12.1. The monoisotopic (exact) mass is 296 g/mol. The number of hydrogen-bond acceptors (Lipinski definition) is 3. The molecule has 1 aromatic carbocycles. The van der Waals surface area contributed by atoms with Crippen molar-refractivity contribution in [2.24, 2.45) is 0 Å². The van der Waals surface area contributed by atoms with Crippen LogP contribution in [0.5, 0.6) is 0 Å². The lowest BCUT2D eigenvalue weighted by Gasteiger charge is -2.13. The SMILES string of the molecule is C[C@@H](NS(=O)(=O)c1ccc(Cl)cc1)c1ccccn1. The summed E-state index contributed by atoms with van der Waals surface area (Å²) < 4.78 is 26.9. The summed E-state index contributed by atoms with van der Waals surface area (Å²) in [4.78, 5) is 4.30. The average Bonchev–Trinajstić information content (AvgIpc) is 2.40. The molecule has 0 aliphatic heterocycles. The summed E-state index contributed by atoms with van der Waals surface area (Å²) in [7, 11) is -3.57. The first-order chi connectivity index (χ1) is 8.99. The molecule has 1 aromatic heterocycles. The smallest absolute Gasteiger partial charge is 0.241 e. The first-order valence-corrected chi connectivity index (χ1v) is 7.54. The van der Waals surface area contributed by atoms with Crippen LogP contribution in [0.25, 0.3) is 0 Å². The van der Waals surface area contributed by atoms with Crippen molar-refractivity contribution in [1.82, 2.24) is 9.71 Å². The summed E-state index contributed by atoms with van der Waals surface area (Å²) in [5, 5.41) is 0.497. The summed E-state index contributed by atoms with van der Waals surface area (Å²) in [5.41, 5.74) is 0.667. The van der Waals surface area contributed by atoms with E-state index in [4.69, 9.17) is 11.6 Å². The minimum absolute atomic E-state index is 0.180. The van der Waals surface area contributed by atoms with E-state index >= 15 is 0 Å². The Labute approximate surface area is 117 Å². The summed E-state index contributed by atoms with van der Waals surface area (Å²) >= 11 is 5.74. The second-order valence-electron chi connectivity index (χ2n) is 4.05. The lowest BCUT2D eigenvalue weighted by molar-refractivity contribution is 0.564. The van der Waals surface area contributed by atoms with E-state index in [1.165, 1.54) is 12.1 Å². The zero-order valence-electron chi connectivity index (χ0n) is 10.2. The summed E-state index contributed by atoms with van der Waals surface area (Å²) in [5.74, 6) is 0. The van der Waals surface area contributed by atoms with Crippen LogP contribution in [0.1, 0.15) is 18.7 Å². The first-order valence-electron chi connectivity index (χ1n) is 5.68. The van der Waals surface area contributed by atoms with E-state index in [2.05, 4.69) is 9.71 Å². The molecule has 100 valence electrons. The summed E-state index contributed by atoms with van der Waals surface area (Å²) in [6, 6.07) is 11.0. The number of aromatic nitrogens is 1. The number of hydrogen-bond donors (Lipinski definition) is 1. The Morgan fingerprint density at radius 3 is 2.42 bits per heavy atom. The number of halogens is 1. The maximum Gasteiger partial charge on any atom is 0.241 e. The number of rotatable bonds is 4. The van der Waals surface area contributed by atoms with Crippen LogP contribution in [-0.4, -0.2) is 13.4 Å². The number of nitrogens with one attached hydrogen (secondary N) is 1. The van der Waals surface area contributed by atoms with Gasteiger partial charge in [0, 0.05) is 11.2 Å². The molecule has 0 saturated heterocycles. The van der Waals surface area contributed by atoms with E-state index in [0.717, 1.165) is 0 Å². The third-order valence-corrected chi connectivity index (χ3v) is 4.40. The van der Waals surface area contributed by atoms with Crippen molar-refractivity contribution < 1.29 is 8.42 Å². The van der Waals surface area contributed by atoms with Gasteiger partial charge in [-0.3, -0.25) is 4.98 Å². The quantitative estimate of drug-likeness (QED) is 0.944.